The first-order chi connectivity index (χ1) is 15.8. The van der Waals surface area contributed by atoms with Crippen LogP contribution in [-0.4, -0.2) is 34.6 Å². The smallest absolute Gasteiger partial charge is 0.242 e. The fourth-order valence-electron chi connectivity index (χ4n) is 3.93. The van der Waals surface area contributed by atoms with Gasteiger partial charge in [-0.3, -0.25) is 9.59 Å². The monoisotopic (exact) mass is 494 g/mol. The number of halogens is 3. The second-order valence-electron chi connectivity index (χ2n) is 8.36. The van der Waals surface area contributed by atoms with Crippen LogP contribution < -0.4 is 5.32 Å². The molecular formula is C25H29ClF2N2O2S. The standard InChI is InChI=1S/C25H29ClF2N2O2S/c1-17(25(32)29-20-6-3-2-4-7-20)30(14-18-10-12-19(27)13-11-18)24(31)16-33-15-21-22(26)8-5-9-23(21)28/h5,8-13,17,20H,2-4,6-7,14-16H2,1H3,(H,29,32)/t17-/m0/s1. The summed E-state index contributed by atoms with van der Waals surface area (Å²) in [5.74, 6) is -0.914. The van der Waals surface area contributed by atoms with Gasteiger partial charge < -0.3 is 10.2 Å². The molecule has 0 heterocycles. The molecule has 1 fully saturated rings. The van der Waals surface area contributed by atoms with Gasteiger partial charge in [0.2, 0.25) is 11.8 Å². The van der Waals surface area contributed by atoms with Crippen molar-refractivity contribution in [2.45, 2.75) is 63.4 Å². The summed E-state index contributed by atoms with van der Waals surface area (Å²) in [4.78, 5) is 27.6. The van der Waals surface area contributed by atoms with Crippen LogP contribution in [0.2, 0.25) is 5.02 Å². The molecule has 33 heavy (non-hydrogen) atoms. The zero-order valence-electron chi connectivity index (χ0n) is 18.7. The molecule has 1 aliphatic rings. The molecule has 2 aromatic carbocycles. The number of nitrogens with zero attached hydrogens (tertiary/aromatic N) is 1. The van der Waals surface area contributed by atoms with Crippen molar-refractivity contribution in [1.29, 1.82) is 0 Å². The Morgan fingerprint density at radius 1 is 1.12 bits per heavy atom. The number of amides is 2. The van der Waals surface area contributed by atoms with Crippen LogP contribution in [0.3, 0.4) is 0 Å². The van der Waals surface area contributed by atoms with E-state index in [1.165, 1.54) is 47.3 Å². The van der Waals surface area contributed by atoms with Crippen molar-refractivity contribution in [3.63, 3.8) is 0 Å². The fraction of sp³-hybridized carbons (Fsp3) is 0.440. The van der Waals surface area contributed by atoms with Gasteiger partial charge in [0, 0.05) is 28.9 Å². The SMILES string of the molecule is C[C@@H](C(=O)NC1CCCCC1)N(Cc1ccc(F)cc1)C(=O)CSCc1c(F)cccc1Cl. The summed E-state index contributed by atoms with van der Waals surface area (Å²) in [6.07, 6.45) is 5.26. The normalized spacial score (nSPS) is 15.2. The Labute approximate surface area is 203 Å². The molecule has 1 aliphatic carbocycles. The highest BCUT2D eigenvalue weighted by Gasteiger charge is 2.28. The summed E-state index contributed by atoms with van der Waals surface area (Å²) in [5, 5.41) is 3.40. The predicted octanol–water partition coefficient (Wildman–Crippen LogP) is 5.72. The molecule has 0 aliphatic heterocycles. The number of rotatable bonds is 9. The Morgan fingerprint density at radius 3 is 2.48 bits per heavy atom. The predicted molar refractivity (Wildman–Crippen MR) is 129 cm³/mol. The van der Waals surface area contributed by atoms with Crippen LogP contribution in [0.1, 0.15) is 50.2 Å². The van der Waals surface area contributed by atoms with Crippen molar-refractivity contribution >= 4 is 35.2 Å². The first-order valence-corrected chi connectivity index (χ1v) is 12.7. The van der Waals surface area contributed by atoms with Crippen LogP contribution >= 0.6 is 23.4 Å². The molecule has 178 valence electrons. The summed E-state index contributed by atoms with van der Waals surface area (Å²) < 4.78 is 27.4. The third kappa shape index (κ3) is 7.44. The number of carbonyl (C=O) groups excluding carboxylic acids is 2. The van der Waals surface area contributed by atoms with E-state index < -0.39 is 11.9 Å². The number of hydrogen-bond acceptors (Lipinski definition) is 3. The Kier molecular flexibility index (Phi) is 9.56. The maximum atomic E-state index is 14.0. The maximum Gasteiger partial charge on any atom is 0.242 e. The molecule has 1 saturated carbocycles. The van der Waals surface area contributed by atoms with Gasteiger partial charge in [-0.2, -0.15) is 0 Å². The van der Waals surface area contributed by atoms with Gasteiger partial charge in [0.05, 0.1) is 5.75 Å². The third-order valence-corrected chi connectivity index (χ3v) is 7.22. The molecule has 0 radical (unpaired) electrons. The second-order valence-corrected chi connectivity index (χ2v) is 9.75. The molecule has 8 heteroatoms. The van der Waals surface area contributed by atoms with E-state index in [0.717, 1.165) is 31.2 Å². The van der Waals surface area contributed by atoms with E-state index in [1.807, 2.05) is 0 Å². The third-order valence-electron chi connectivity index (χ3n) is 5.92. The maximum absolute atomic E-state index is 14.0. The van der Waals surface area contributed by atoms with Crippen LogP contribution in [0.5, 0.6) is 0 Å². The topological polar surface area (TPSA) is 49.4 Å². The van der Waals surface area contributed by atoms with Crippen LogP contribution in [0.4, 0.5) is 8.78 Å². The first kappa shape index (κ1) is 25.5. The fourth-order valence-corrected chi connectivity index (χ4v) is 5.18. The van der Waals surface area contributed by atoms with Crippen molar-refractivity contribution in [2.24, 2.45) is 0 Å². The first-order valence-electron chi connectivity index (χ1n) is 11.2. The van der Waals surface area contributed by atoms with E-state index in [4.69, 9.17) is 11.6 Å². The van der Waals surface area contributed by atoms with Gasteiger partial charge in [-0.1, -0.05) is 49.1 Å². The van der Waals surface area contributed by atoms with E-state index in [0.29, 0.717) is 10.6 Å². The van der Waals surface area contributed by atoms with E-state index in [9.17, 15) is 18.4 Å². The molecule has 0 saturated heterocycles. The minimum atomic E-state index is -0.692. The van der Waals surface area contributed by atoms with E-state index >= 15 is 0 Å². The van der Waals surface area contributed by atoms with Crippen LogP contribution in [0.15, 0.2) is 42.5 Å². The minimum Gasteiger partial charge on any atom is -0.352 e. The zero-order chi connectivity index (χ0) is 23.8. The number of hydrogen-bond donors (Lipinski definition) is 1. The second kappa shape index (κ2) is 12.4. The molecule has 0 bridgehead atoms. The Hall–Kier alpha value is -2.12. The molecule has 1 N–H and O–H groups in total. The molecular weight excluding hydrogens is 466 g/mol. The van der Waals surface area contributed by atoms with Gasteiger partial charge >= 0.3 is 0 Å². The Morgan fingerprint density at radius 2 is 1.82 bits per heavy atom. The summed E-state index contributed by atoms with van der Waals surface area (Å²) in [6.45, 7) is 1.89. The molecule has 0 spiro atoms. The number of nitrogens with one attached hydrogen (secondary N) is 1. The lowest BCUT2D eigenvalue weighted by Crippen LogP contribution is -2.50. The molecule has 2 aromatic rings. The van der Waals surface area contributed by atoms with Crippen molar-refractivity contribution in [3.8, 4) is 0 Å². The van der Waals surface area contributed by atoms with Gasteiger partial charge in [0.15, 0.2) is 0 Å². The van der Waals surface area contributed by atoms with Gasteiger partial charge in [-0.05, 0) is 49.6 Å². The number of thioether (sulfide) groups is 1. The minimum absolute atomic E-state index is 0.0624. The zero-order valence-corrected chi connectivity index (χ0v) is 20.2. The lowest BCUT2D eigenvalue weighted by Gasteiger charge is -2.31. The lowest BCUT2D eigenvalue weighted by atomic mass is 9.95. The number of benzene rings is 2. The van der Waals surface area contributed by atoms with E-state index in [-0.39, 0.29) is 41.7 Å². The average molecular weight is 495 g/mol. The molecule has 2 amide bonds. The molecule has 3 rings (SSSR count). The van der Waals surface area contributed by atoms with Crippen LogP contribution in [0.25, 0.3) is 0 Å². The van der Waals surface area contributed by atoms with Gasteiger partial charge in [-0.15, -0.1) is 11.8 Å². The summed E-state index contributed by atoms with van der Waals surface area (Å²) in [6, 6.07) is 9.80. The highest BCUT2D eigenvalue weighted by Crippen LogP contribution is 2.25. The van der Waals surface area contributed by atoms with Crippen LogP contribution in [-0.2, 0) is 21.9 Å². The lowest BCUT2D eigenvalue weighted by molar-refractivity contribution is -0.139. The Bertz CT molecular complexity index is 932. The summed E-state index contributed by atoms with van der Waals surface area (Å²) in [5.41, 5.74) is 1.08. The van der Waals surface area contributed by atoms with Crippen molar-refractivity contribution in [1.82, 2.24) is 10.2 Å². The van der Waals surface area contributed by atoms with Crippen molar-refractivity contribution < 1.29 is 18.4 Å². The van der Waals surface area contributed by atoms with Crippen molar-refractivity contribution in [3.05, 3.63) is 70.2 Å². The average Bonchev–Trinajstić information content (AvgIpc) is 2.80. The van der Waals surface area contributed by atoms with Gasteiger partial charge in [0.25, 0.3) is 0 Å². The Balaban J connectivity index is 1.67. The van der Waals surface area contributed by atoms with E-state index in [1.54, 1.807) is 25.1 Å². The molecule has 4 nitrogen and oxygen atoms in total. The van der Waals surface area contributed by atoms with E-state index in [2.05, 4.69) is 5.32 Å². The van der Waals surface area contributed by atoms with Gasteiger partial charge in [0.1, 0.15) is 17.7 Å². The molecule has 0 aromatic heterocycles. The largest absolute Gasteiger partial charge is 0.352 e. The van der Waals surface area contributed by atoms with Crippen molar-refractivity contribution in [2.75, 3.05) is 5.75 Å². The quantitative estimate of drug-likeness (QED) is 0.485. The summed E-state index contributed by atoms with van der Waals surface area (Å²) in [7, 11) is 0. The van der Waals surface area contributed by atoms with Crippen LogP contribution in [0, 0.1) is 11.6 Å². The molecule has 1 atom stereocenters. The molecule has 0 unspecified atom stereocenters. The van der Waals surface area contributed by atoms with Gasteiger partial charge in [-0.25, -0.2) is 8.78 Å². The highest BCUT2D eigenvalue weighted by atomic mass is 35.5. The number of carbonyl (C=O) groups is 2. The highest BCUT2D eigenvalue weighted by molar-refractivity contribution is 7.99. The summed E-state index contributed by atoms with van der Waals surface area (Å²) >= 11 is 7.32.